The molecule has 0 aliphatic rings. The average molecular weight is 323 g/mol. The van der Waals surface area contributed by atoms with Crippen LogP contribution >= 0.6 is 15.9 Å². The molecular formula is C13H15BrN4O. The molecule has 0 amide bonds. The molecule has 0 radical (unpaired) electrons. The van der Waals surface area contributed by atoms with Crippen molar-refractivity contribution in [2.24, 2.45) is 7.05 Å². The molecule has 2 rings (SSSR count). The predicted octanol–water partition coefficient (Wildman–Crippen LogP) is 2.27. The molecule has 0 N–H and O–H groups in total. The molecule has 5 nitrogen and oxygen atoms in total. The van der Waals surface area contributed by atoms with Crippen LogP contribution in [0.2, 0.25) is 0 Å². The Morgan fingerprint density at radius 2 is 2.00 bits per heavy atom. The van der Waals surface area contributed by atoms with Gasteiger partial charge in [-0.3, -0.25) is 9.48 Å². The smallest absolute Gasteiger partial charge is 0.205 e. The standard InChI is InChI=1S/C13H15BrN4O/c1-4-9-12(14)10(18(3)17-9)5-11(19)13-15-6-8(2)7-16-13/h6-7H,4-5H2,1-3H3. The monoisotopic (exact) mass is 322 g/mol. The average Bonchev–Trinajstić information content (AvgIpc) is 2.67. The zero-order chi connectivity index (χ0) is 14.0. The number of nitrogens with zero attached hydrogens (tertiary/aromatic N) is 4. The van der Waals surface area contributed by atoms with Gasteiger partial charge >= 0.3 is 0 Å². The lowest BCUT2D eigenvalue weighted by molar-refractivity contribution is 0.0980. The molecular weight excluding hydrogens is 308 g/mol. The highest BCUT2D eigenvalue weighted by Gasteiger charge is 2.18. The minimum Gasteiger partial charge on any atom is -0.290 e. The number of hydrogen-bond donors (Lipinski definition) is 0. The Hall–Kier alpha value is -1.56. The third-order valence-corrected chi connectivity index (χ3v) is 3.78. The molecule has 0 unspecified atom stereocenters. The lowest BCUT2D eigenvalue weighted by atomic mass is 10.2. The molecule has 0 spiro atoms. The summed E-state index contributed by atoms with van der Waals surface area (Å²) < 4.78 is 2.63. The summed E-state index contributed by atoms with van der Waals surface area (Å²) in [5.74, 6) is 0.142. The van der Waals surface area contributed by atoms with Gasteiger partial charge in [0.25, 0.3) is 0 Å². The van der Waals surface area contributed by atoms with Crippen LogP contribution in [0.15, 0.2) is 16.9 Å². The van der Waals surface area contributed by atoms with E-state index in [9.17, 15) is 4.79 Å². The number of aromatic nitrogens is 4. The van der Waals surface area contributed by atoms with Crippen LogP contribution in [0.25, 0.3) is 0 Å². The van der Waals surface area contributed by atoms with Crippen molar-refractivity contribution < 1.29 is 4.79 Å². The van der Waals surface area contributed by atoms with Crippen molar-refractivity contribution in [2.75, 3.05) is 0 Å². The number of carbonyl (C=O) groups excluding carboxylic acids is 1. The van der Waals surface area contributed by atoms with E-state index in [1.165, 1.54) is 0 Å². The third-order valence-electron chi connectivity index (χ3n) is 2.86. The van der Waals surface area contributed by atoms with Crippen LogP contribution in [0.1, 0.15) is 34.5 Å². The topological polar surface area (TPSA) is 60.7 Å². The molecule has 0 atom stereocenters. The van der Waals surface area contributed by atoms with Crippen molar-refractivity contribution in [3.05, 3.63) is 39.6 Å². The van der Waals surface area contributed by atoms with E-state index in [4.69, 9.17) is 0 Å². The van der Waals surface area contributed by atoms with E-state index in [2.05, 4.69) is 31.0 Å². The lowest BCUT2D eigenvalue weighted by Gasteiger charge is -2.02. The summed E-state index contributed by atoms with van der Waals surface area (Å²) in [5.41, 5.74) is 2.74. The fourth-order valence-electron chi connectivity index (χ4n) is 1.78. The summed E-state index contributed by atoms with van der Waals surface area (Å²) in [6.45, 7) is 3.92. The van der Waals surface area contributed by atoms with Crippen LogP contribution in [0.4, 0.5) is 0 Å². The normalized spacial score (nSPS) is 10.7. The number of halogens is 1. The molecule has 0 aliphatic heterocycles. The SMILES string of the molecule is CCc1nn(C)c(CC(=O)c2ncc(C)cn2)c1Br. The zero-order valence-corrected chi connectivity index (χ0v) is 12.7. The van der Waals surface area contributed by atoms with Crippen LogP contribution in [0, 0.1) is 6.92 Å². The Kier molecular flexibility index (Phi) is 4.09. The molecule has 6 heteroatoms. The zero-order valence-electron chi connectivity index (χ0n) is 11.1. The highest BCUT2D eigenvalue weighted by Crippen LogP contribution is 2.22. The Balaban J connectivity index is 2.24. The van der Waals surface area contributed by atoms with Crippen molar-refractivity contribution in [2.45, 2.75) is 26.7 Å². The fourth-order valence-corrected chi connectivity index (χ4v) is 2.54. The van der Waals surface area contributed by atoms with E-state index in [1.807, 2.05) is 20.9 Å². The Bertz CT molecular complexity index is 604. The Morgan fingerprint density at radius 3 is 2.53 bits per heavy atom. The van der Waals surface area contributed by atoms with E-state index in [1.54, 1.807) is 17.1 Å². The Labute approximate surface area is 120 Å². The van der Waals surface area contributed by atoms with Crippen molar-refractivity contribution in [1.82, 2.24) is 19.7 Å². The van der Waals surface area contributed by atoms with Gasteiger partial charge in [0.05, 0.1) is 22.3 Å². The largest absolute Gasteiger partial charge is 0.290 e. The summed E-state index contributed by atoms with van der Waals surface area (Å²) in [6, 6.07) is 0. The van der Waals surface area contributed by atoms with Crippen LogP contribution in [0.3, 0.4) is 0 Å². The molecule has 0 aliphatic carbocycles. The molecule has 19 heavy (non-hydrogen) atoms. The second-order valence-electron chi connectivity index (χ2n) is 4.37. The maximum absolute atomic E-state index is 12.1. The van der Waals surface area contributed by atoms with Gasteiger partial charge in [-0.15, -0.1) is 0 Å². The summed E-state index contributed by atoms with van der Waals surface area (Å²) in [5, 5.41) is 4.37. The number of rotatable bonds is 4. The van der Waals surface area contributed by atoms with E-state index >= 15 is 0 Å². The Morgan fingerprint density at radius 1 is 1.37 bits per heavy atom. The molecule has 100 valence electrons. The summed E-state index contributed by atoms with van der Waals surface area (Å²) in [4.78, 5) is 20.3. The first-order chi connectivity index (χ1) is 9.02. The summed E-state index contributed by atoms with van der Waals surface area (Å²) in [7, 11) is 1.84. The first kappa shape index (κ1) is 13.9. The van der Waals surface area contributed by atoms with E-state index < -0.39 is 0 Å². The van der Waals surface area contributed by atoms with Crippen LogP contribution in [0.5, 0.6) is 0 Å². The first-order valence-corrected chi connectivity index (χ1v) is 6.84. The number of Topliss-reactive ketones (excluding diaryl/α,β-unsaturated/α-hetero) is 1. The number of carbonyl (C=O) groups is 1. The minimum atomic E-state index is -0.105. The van der Waals surface area contributed by atoms with E-state index in [-0.39, 0.29) is 18.0 Å². The van der Waals surface area contributed by atoms with Crippen LogP contribution in [-0.4, -0.2) is 25.5 Å². The maximum atomic E-state index is 12.1. The molecule has 0 bridgehead atoms. The summed E-state index contributed by atoms with van der Waals surface area (Å²) >= 11 is 3.50. The number of ketones is 1. The van der Waals surface area contributed by atoms with Gasteiger partial charge in [-0.1, -0.05) is 6.92 Å². The molecule has 2 heterocycles. The lowest BCUT2D eigenvalue weighted by Crippen LogP contribution is -2.11. The van der Waals surface area contributed by atoms with E-state index in [0.717, 1.165) is 27.8 Å². The van der Waals surface area contributed by atoms with Gasteiger partial charge in [0.2, 0.25) is 5.78 Å². The van der Waals surface area contributed by atoms with Gasteiger partial charge in [0, 0.05) is 19.4 Å². The van der Waals surface area contributed by atoms with Crippen molar-refractivity contribution in [3.8, 4) is 0 Å². The summed E-state index contributed by atoms with van der Waals surface area (Å²) in [6.07, 6.45) is 4.36. The van der Waals surface area contributed by atoms with Crippen molar-refractivity contribution in [1.29, 1.82) is 0 Å². The predicted molar refractivity (Wildman–Crippen MR) is 75.1 cm³/mol. The second-order valence-corrected chi connectivity index (χ2v) is 5.16. The van der Waals surface area contributed by atoms with Crippen LogP contribution < -0.4 is 0 Å². The van der Waals surface area contributed by atoms with Crippen molar-refractivity contribution >= 4 is 21.7 Å². The molecule has 0 saturated heterocycles. The number of aryl methyl sites for hydroxylation is 3. The van der Waals surface area contributed by atoms with Gasteiger partial charge in [-0.05, 0) is 34.8 Å². The molecule has 2 aromatic rings. The molecule has 0 saturated carbocycles. The van der Waals surface area contributed by atoms with Gasteiger partial charge in [0.15, 0.2) is 5.82 Å². The minimum absolute atomic E-state index is 0.105. The van der Waals surface area contributed by atoms with Crippen LogP contribution in [-0.2, 0) is 19.9 Å². The molecule has 0 aromatic carbocycles. The fraction of sp³-hybridized carbons (Fsp3) is 0.385. The number of hydrogen-bond acceptors (Lipinski definition) is 4. The van der Waals surface area contributed by atoms with Gasteiger partial charge < -0.3 is 0 Å². The first-order valence-electron chi connectivity index (χ1n) is 6.05. The van der Waals surface area contributed by atoms with Crippen molar-refractivity contribution in [3.63, 3.8) is 0 Å². The van der Waals surface area contributed by atoms with Gasteiger partial charge in [0.1, 0.15) is 0 Å². The molecule has 2 aromatic heterocycles. The highest BCUT2D eigenvalue weighted by molar-refractivity contribution is 9.10. The molecule has 0 fully saturated rings. The quantitative estimate of drug-likeness (QED) is 0.810. The van der Waals surface area contributed by atoms with E-state index in [0.29, 0.717) is 0 Å². The van der Waals surface area contributed by atoms with Gasteiger partial charge in [-0.25, -0.2) is 9.97 Å². The third kappa shape index (κ3) is 2.89. The van der Waals surface area contributed by atoms with Gasteiger partial charge in [-0.2, -0.15) is 5.10 Å². The second kappa shape index (κ2) is 5.61. The highest BCUT2D eigenvalue weighted by atomic mass is 79.9. The maximum Gasteiger partial charge on any atom is 0.205 e.